The Balaban J connectivity index is 1.26. The van der Waals surface area contributed by atoms with Crippen LogP contribution in [0, 0.1) is 13.8 Å². The van der Waals surface area contributed by atoms with Crippen LogP contribution in [0.15, 0.2) is 40.7 Å². The Morgan fingerprint density at radius 3 is 2.22 bits per heavy atom. The number of nitrogens with one attached hydrogen (secondary N) is 1. The molecule has 2 fully saturated rings. The highest BCUT2D eigenvalue weighted by Gasteiger charge is 2.50. The normalized spacial score (nSPS) is 19.9. The van der Waals surface area contributed by atoms with Gasteiger partial charge in [-0.3, -0.25) is 14.6 Å². The number of ether oxygens (including phenoxy) is 1. The molecule has 3 aliphatic heterocycles. The monoisotopic (exact) mass is 742 g/mol. The van der Waals surface area contributed by atoms with Gasteiger partial charge in [0.05, 0.1) is 10.6 Å². The van der Waals surface area contributed by atoms with Gasteiger partial charge in [0.2, 0.25) is 10.0 Å². The standard InChI is InChI=1S/C34H39ClF4N4O6S/c1-21-17-24(29(44)42-12-8-32(46,20-36)9-13-42)18-22(2)25(21)7-16-50(47,48)43-14-10-33(11-15-43)30(45)40-28(41-33)23-5-6-26(35)27(19-23)49-31(3,4)34(37,38)39/h5-7,16-19,46H,8-15,20H2,1-4H3,(H,40,41,45)/b16-7+. The lowest BCUT2D eigenvalue weighted by atomic mass is 9.89. The summed E-state index contributed by atoms with van der Waals surface area (Å²) >= 11 is 6.11. The fourth-order valence-corrected chi connectivity index (χ4v) is 7.54. The lowest BCUT2D eigenvalue weighted by molar-refractivity contribution is -0.234. The first-order chi connectivity index (χ1) is 23.2. The smallest absolute Gasteiger partial charge is 0.427 e. The van der Waals surface area contributed by atoms with Crippen LogP contribution in [-0.4, -0.2) is 96.2 Å². The zero-order valence-corrected chi connectivity index (χ0v) is 29.6. The van der Waals surface area contributed by atoms with Gasteiger partial charge in [-0.1, -0.05) is 11.6 Å². The van der Waals surface area contributed by atoms with Gasteiger partial charge in [-0.2, -0.15) is 17.5 Å². The van der Waals surface area contributed by atoms with Gasteiger partial charge < -0.3 is 20.1 Å². The molecule has 50 heavy (non-hydrogen) atoms. The van der Waals surface area contributed by atoms with E-state index in [9.17, 15) is 40.7 Å². The maximum Gasteiger partial charge on any atom is 0.427 e. The molecule has 3 heterocycles. The fraction of sp³-hybridized carbons (Fsp3) is 0.500. The molecular weight excluding hydrogens is 704 g/mol. The molecule has 0 bridgehead atoms. The molecule has 2 amide bonds. The minimum atomic E-state index is -4.68. The van der Waals surface area contributed by atoms with Crippen molar-refractivity contribution in [1.82, 2.24) is 14.5 Å². The Hall–Kier alpha value is -3.53. The van der Waals surface area contributed by atoms with E-state index in [1.165, 1.54) is 28.6 Å². The van der Waals surface area contributed by atoms with E-state index in [4.69, 9.17) is 16.3 Å². The van der Waals surface area contributed by atoms with Gasteiger partial charge in [0.25, 0.3) is 11.8 Å². The SMILES string of the molecule is Cc1cc(C(=O)N2CCC(O)(CF)CC2)cc(C)c1/C=C/S(=O)(=O)N1CCC2(CC1)N=C(c1ccc(Cl)c(OC(C)(C)C(F)(F)F)c1)NC2=O. The summed E-state index contributed by atoms with van der Waals surface area (Å²) in [5, 5.41) is 13.9. The van der Waals surface area contributed by atoms with E-state index in [1.807, 2.05) is 0 Å². The van der Waals surface area contributed by atoms with Crippen LogP contribution in [0.3, 0.4) is 0 Å². The van der Waals surface area contributed by atoms with Crippen molar-refractivity contribution in [3.8, 4) is 5.75 Å². The number of sulfonamides is 1. The highest BCUT2D eigenvalue weighted by Crippen LogP contribution is 2.38. The Bertz CT molecular complexity index is 1820. The van der Waals surface area contributed by atoms with Gasteiger partial charge in [-0.25, -0.2) is 12.8 Å². The van der Waals surface area contributed by atoms with Crippen LogP contribution >= 0.6 is 11.6 Å². The summed E-state index contributed by atoms with van der Waals surface area (Å²) in [6.07, 6.45) is -2.77. The van der Waals surface area contributed by atoms with Crippen LogP contribution in [0.25, 0.3) is 6.08 Å². The second-order valence-corrected chi connectivity index (χ2v) is 15.8. The van der Waals surface area contributed by atoms with E-state index in [1.54, 1.807) is 30.9 Å². The number of carbonyl (C=O) groups is 2. The van der Waals surface area contributed by atoms with Gasteiger partial charge in [-0.15, -0.1) is 0 Å². The Morgan fingerprint density at radius 2 is 1.66 bits per heavy atom. The number of nitrogens with zero attached hydrogens (tertiary/aromatic N) is 3. The molecule has 2 N–H and O–H groups in total. The molecule has 5 rings (SSSR count). The number of aliphatic imine (C=N–C) groups is 1. The van der Waals surface area contributed by atoms with Crippen molar-refractivity contribution in [3.05, 3.63) is 68.6 Å². The molecule has 272 valence electrons. The third kappa shape index (κ3) is 7.55. The van der Waals surface area contributed by atoms with Crippen molar-refractivity contribution >= 4 is 45.4 Å². The van der Waals surface area contributed by atoms with E-state index >= 15 is 0 Å². The minimum absolute atomic E-state index is 0.00953. The van der Waals surface area contributed by atoms with Crippen molar-refractivity contribution in [3.63, 3.8) is 0 Å². The van der Waals surface area contributed by atoms with E-state index in [0.29, 0.717) is 22.3 Å². The van der Waals surface area contributed by atoms with E-state index < -0.39 is 45.5 Å². The molecular formula is C34H39ClF4N4O6S. The number of amidine groups is 1. The van der Waals surface area contributed by atoms with Gasteiger partial charge in [0.1, 0.15) is 23.8 Å². The predicted molar refractivity (Wildman–Crippen MR) is 180 cm³/mol. The molecule has 3 aliphatic rings. The molecule has 16 heteroatoms. The number of amides is 2. The lowest BCUT2D eigenvalue weighted by Gasteiger charge is -2.36. The Kier molecular flexibility index (Phi) is 10.2. The molecule has 0 atom stereocenters. The molecule has 2 aromatic rings. The average molecular weight is 743 g/mol. The minimum Gasteiger partial charge on any atom is -0.477 e. The van der Waals surface area contributed by atoms with Crippen molar-refractivity contribution in [2.75, 3.05) is 32.9 Å². The summed E-state index contributed by atoms with van der Waals surface area (Å²) in [6, 6.07) is 7.45. The number of rotatable bonds is 8. The van der Waals surface area contributed by atoms with Crippen LogP contribution in [-0.2, 0) is 14.8 Å². The van der Waals surface area contributed by atoms with Gasteiger partial charge in [-0.05, 0) is 106 Å². The largest absolute Gasteiger partial charge is 0.477 e. The first kappa shape index (κ1) is 37.7. The maximum absolute atomic E-state index is 13.4. The fourth-order valence-electron chi connectivity index (χ4n) is 6.21. The summed E-state index contributed by atoms with van der Waals surface area (Å²) in [6.45, 7) is 4.84. The summed E-state index contributed by atoms with van der Waals surface area (Å²) < 4.78 is 86.6. The van der Waals surface area contributed by atoms with E-state index in [0.717, 1.165) is 19.3 Å². The zero-order valence-electron chi connectivity index (χ0n) is 28.0. The second-order valence-electron chi connectivity index (χ2n) is 13.6. The molecule has 0 saturated carbocycles. The number of hydrogen-bond acceptors (Lipinski definition) is 7. The van der Waals surface area contributed by atoms with E-state index in [2.05, 4.69) is 10.3 Å². The Morgan fingerprint density at radius 1 is 1.06 bits per heavy atom. The number of benzene rings is 2. The summed E-state index contributed by atoms with van der Waals surface area (Å²) in [5.41, 5.74) is -2.53. The average Bonchev–Trinajstić information content (AvgIpc) is 3.35. The molecule has 10 nitrogen and oxygen atoms in total. The van der Waals surface area contributed by atoms with Crippen LogP contribution in [0.2, 0.25) is 5.02 Å². The molecule has 0 aliphatic carbocycles. The molecule has 0 radical (unpaired) electrons. The number of halogens is 5. The van der Waals surface area contributed by atoms with Crippen molar-refractivity contribution < 1.29 is 45.4 Å². The molecule has 2 aromatic carbocycles. The molecule has 1 spiro atoms. The first-order valence-corrected chi connectivity index (χ1v) is 17.9. The van der Waals surface area contributed by atoms with Crippen LogP contribution in [0.5, 0.6) is 5.75 Å². The number of piperidine rings is 2. The molecule has 0 unspecified atom stereocenters. The van der Waals surface area contributed by atoms with Gasteiger partial charge >= 0.3 is 6.18 Å². The first-order valence-electron chi connectivity index (χ1n) is 16.0. The second kappa shape index (κ2) is 13.5. The van der Waals surface area contributed by atoms with Crippen LogP contribution in [0.4, 0.5) is 17.6 Å². The maximum atomic E-state index is 13.4. The zero-order chi connectivity index (χ0) is 36.9. The third-order valence-electron chi connectivity index (χ3n) is 9.62. The van der Waals surface area contributed by atoms with Gasteiger partial charge in [0, 0.05) is 42.7 Å². The van der Waals surface area contributed by atoms with E-state index in [-0.39, 0.29) is 79.9 Å². The van der Waals surface area contributed by atoms with Gasteiger partial charge in [0.15, 0.2) is 5.60 Å². The summed E-state index contributed by atoms with van der Waals surface area (Å²) in [7, 11) is -3.92. The molecule has 2 saturated heterocycles. The third-order valence-corrected chi connectivity index (χ3v) is 11.5. The predicted octanol–water partition coefficient (Wildman–Crippen LogP) is 5.32. The highest BCUT2D eigenvalue weighted by molar-refractivity contribution is 7.92. The summed E-state index contributed by atoms with van der Waals surface area (Å²) in [4.78, 5) is 32.4. The number of aliphatic hydroxyl groups is 1. The Labute approximate surface area is 293 Å². The lowest BCUT2D eigenvalue weighted by Crippen LogP contribution is -2.50. The topological polar surface area (TPSA) is 129 Å². The number of likely N-dealkylation sites (tertiary alicyclic amines) is 1. The number of aryl methyl sites for hydroxylation is 2. The quantitative estimate of drug-likeness (QED) is 0.353. The van der Waals surface area contributed by atoms with Crippen LogP contribution in [0.1, 0.15) is 72.1 Å². The highest BCUT2D eigenvalue weighted by atomic mass is 35.5. The van der Waals surface area contributed by atoms with Crippen molar-refractivity contribution in [2.24, 2.45) is 4.99 Å². The number of carbonyl (C=O) groups excluding carboxylic acids is 2. The number of hydrogen-bond donors (Lipinski definition) is 2. The van der Waals surface area contributed by atoms with Crippen molar-refractivity contribution in [1.29, 1.82) is 0 Å². The van der Waals surface area contributed by atoms with Crippen LogP contribution < -0.4 is 10.1 Å². The van der Waals surface area contributed by atoms with Crippen molar-refractivity contribution in [2.45, 2.75) is 76.3 Å². The number of alkyl halides is 4. The summed E-state index contributed by atoms with van der Waals surface area (Å²) in [5.74, 6) is -0.817. The molecule has 0 aromatic heterocycles.